The molecule has 0 saturated heterocycles. The van der Waals surface area contributed by atoms with Crippen LogP contribution in [0.15, 0.2) is 36.4 Å². The molecule has 0 radical (unpaired) electrons. The number of benzene rings is 2. The summed E-state index contributed by atoms with van der Waals surface area (Å²) in [5.74, 6) is 1.31. The molecule has 0 aliphatic carbocycles. The lowest BCUT2D eigenvalue weighted by Gasteiger charge is -2.20. The van der Waals surface area contributed by atoms with Crippen molar-refractivity contribution in [2.75, 3.05) is 20.4 Å². The van der Waals surface area contributed by atoms with Gasteiger partial charge in [-0.2, -0.15) is 0 Å². The molecule has 0 atom stereocenters. The van der Waals surface area contributed by atoms with Gasteiger partial charge in [-0.3, -0.25) is 4.79 Å². The number of carbonyl (C=O) groups is 1. The smallest absolute Gasteiger partial charge is 0.244 e. The van der Waals surface area contributed by atoms with E-state index in [-0.39, 0.29) is 24.6 Å². The van der Waals surface area contributed by atoms with Gasteiger partial charge in [0.15, 0.2) is 18.3 Å². The number of ether oxygens (including phenoxy) is 4. The van der Waals surface area contributed by atoms with Crippen LogP contribution in [0.2, 0.25) is 0 Å². The number of halogens is 1. The largest absolute Gasteiger partial charge is 0.493 e. The highest BCUT2D eigenvalue weighted by Crippen LogP contribution is 2.30. The molecule has 2 aromatic carbocycles. The number of fused-ring (bicyclic) bond motifs is 1. The fourth-order valence-electron chi connectivity index (χ4n) is 3.13. The maximum atomic E-state index is 13.8. The van der Waals surface area contributed by atoms with Crippen LogP contribution in [0.1, 0.15) is 30.5 Å². The van der Waals surface area contributed by atoms with Crippen LogP contribution in [0.3, 0.4) is 0 Å². The van der Waals surface area contributed by atoms with E-state index in [1.54, 1.807) is 19.3 Å². The third kappa shape index (κ3) is 5.73. The summed E-state index contributed by atoms with van der Waals surface area (Å²) in [7, 11) is 1.57. The van der Waals surface area contributed by atoms with Gasteiger partial charge in [0.25, 0.3) is 0 Å². The van der Waals surface area contributed by atoms with Gasteiger partial charge in [0, 0.05) is 18.2 Å². The minimum atomic E-state index is -0.345. The Morgan fingerprint density at radius 2 is 2.10 bits per heavy atom. The van der Waals surface area contributed by atoms with Gasteiger partial charge in [0.2, 0.25) is 5.91 Å². The van der Waals surface area contributed by atoms with Gasteiger partial charge in [0.05, 0.1) is 19.8 Å². The summed E-state index contributed by atoms with van der Waals surface area (Å²) < 4.78 is 35.5. The molecule has 1 heterocycles. The maximum Gasteiger partial charge on any atom is 0.244 e. The number of hydrogen-bond donors (Lipinski definition) is 1. The summed E-state index contributed by atoms with van der Waals surface area (Å²) in [6.45, 7) is 4.70. The first-order valence-corrected chi connectivity index (χ1v) is 9.78. The van der Waals surface area contributed by atoms with Crippen LogP contribution in [0, 0.1) is 5.82 Å². The fourth-order valence-corrected chi connectivity index (χ4v) is 3.13. The van der Waals surface area contributed by atoms with Crippen molar-refractivity contribution in [3.05, 3.63) is 58.9 Å². The second-order valence-corrected chi connectivity index (χ2v) is 7.12. The molecule has 7 heteroatoms. The highest BCUT2D eigenvalue weighted by atomic mass is 19.1. The minimum Gasteiger partial charge on any atom is -0.493 e. The van der Waals surface area contributed by atoms with Crippen LogP contribution in [-0.4, -0.2) is 32.5 Å². The molecule has 1 aliphatic heterocycles. The van der Waals surface area contributed by atoms with Crippen molar-refractivity contribution in [3.63, 3.8) is 0 Å². The van der Waals surface area contributed by atoms with Crippen molar-refractivity contribution in [2.45, 2.75) is 33.0 Å². The number of amides is 1. The Kier molecular flexibility index (Phi) is 7.30. The predicted molar refractivity (Wildman–Crippen MR) is 111 cm³/mol. The Hall–Kier alpha value is -3.06. The average Bonchev–Trinajstić information content (AvgIpc) is 2.72. The Morgan fingerprint density at radius 3 is 2.87 bits per heavy atom. The van der Waals surface area contributed by atoms with E-state index in [9.17, 15) is 9.18 Å². The molecule has 0 fully saturated rings. The molecule has 3 rings (SSSR count). The van der Waals surface area contributed by atoms with Gasteiger partial charge in [-0.15, -0.1) is 0 Å². The van der Waals surface area contributed by atoms with Gasteiger partial charge < -0.3 is 24.3 Å². The van der Waals surface area contributed by atoms with Gasteiger partial charge in [-0.05, 0) is 61.7 Å². The molecule has 6 nitrogen and oxygen atoms in total. The zero-order valence-corrected chi connectivity index (χ0v) is 17.4. The lowest BCUT2D eigenvalue weighted by atomic mass is 10.1. The maximum absolute atomic E-state index is 13.8. The molecule has 0 saturated carbocycles. The van der Waals surface area contributed by atoms with Crippen LogP contribution in [0.4, 0.5) is 4.39 Å². The van der Waals surface area contributed by atoms with Gasteiger partial charge >= 0.3 is 0 Å². The molecule has 1 N–H and O–H groups in total. The second-order valence-electron chi connectivity index (χ2n) is 7.12. The Bertz CT molecular complexity index is 926. The van der Waals surface area contributed by atoms with Crippen molar-refractivity contribution in [1.82, 2.24) is 5.32 Å². The standard InChI is InChI=1S/C23H26FNO5/c1-15(2)30-20-6-4-16(10-21(20)27-3)5-7-22(26)25-9-8-17-11-19(24)12-18-13-28-14-29-23(17)18/h4-7,10-12,15H,8-9,13-14H2,1-3H3,(H,25,26). The van der Waals surface area contributed by atoms with Crippen LogP contribution in [-0.2, 0) is 22.6 Å². The van der Waals surface area contributed by atoms with Crippen molar-refractivity contribution in [3.8, 4) is 17.2 Å². The van der Waals surface area contributed by atoms with Gasteiger partial charge in [-0.25, -0.2) is 4.39 Å². The van der Waals surface area contributed by atoms with Crippen molar-refractivity contribution in [2.24, 2.45) is 0 Å². The first-order valence-electron chi connectivity index (χ1n) is 9.78. The average molecular weight is 415 g/mol. The zero-order chi connectivity index (χ0) is 21.5. The molecule has 30 heavy (non-hydrogen) atoms. The number of methoxy groups -OCH3 is 1. The predicted octanol–water partition coefficient (Wildman–Crippen LogP) is 3.86. The highest BCUT2D eigenvalue weighted by molar-refractivity contribution is 5.91. The lowest BCUT2D eigenvalue weighted by molar-refractivity contribution is -0.116. The van der Waals surface area contributed by atoms with E-state index in [0.717, 1.165) is 5.56 Å². The van der Waals surface area contributed by atoms with Crippen LogP contribution >= 0.6 is 0 Å². The molecule has 0 bridgehead atoms. The molecular formula is C23H26FNO5. The summed E-state index contributed by atoms with van der Waals surface area (Å²) in [5, 5.41) is 2.80. The topological polar surface area (TPSA) is 66.0 Å². The molecule has 2 aromatic rings. The Labute approximate surface area is 175 Å². The zero-order valence-electron chi connectivity index (χ0n) is 17.4. The summed E-state index contributed by atoms with van der Waals surface area (Å²) in [6, 6.07) is 8.31. The van der Waals surface area contributed by atoms with E-state index in [1.165, 1.54) is 18.2 Å². The SMILES string of the molecule is COc1cc(C=CC(=O)NCCc2cc(F)cc3c2OCOC3)ccc1OC(C)C. The third-order valence-electron chi connectivity index (χ3n) is 4.42. The monoisotopic (exact) mass is 415 g/mol. The van der Waals surface area contributed by atoms with Crippen LogP contribution < -0.4 is 19.5 Å². The van der Waals surface area contributed by atoms with E-state index in [0.29, 0.717) is 47.9 Å². The van der Waals surface area contributed by atoms with Crippen molar-refractivity contribution in [1.29, 1.82) is 0 Å². The number of hydrogen-bond acceptors (Lipinski definition) is 5. The summed E-state index contributed by atoms with van der Waals surface area (Å²) in [5.41, 5.74) is 2.20. The van der Waals surface area contributed by atoms with E-state index >= 15 is 0 Å². The first-order chi connectivity index (χ1) is 14.5. The quantitative estimate of drug-likeness (QED) is 0.664. The minimum absolute atomic E-state index is 0.0349. The Balaban J connectivity index is 1.56. The second kappa shape index (κ2) is 10.1. The van der Waals surface area contributed by atoms with Gasteiger partial charge in [-0.1, -0.05) is 6.07 Å². The Morgan fingerprint density at radius 1 is 1.27 bits per heavy atom. The third-order valence-corrected chi connectivity index (χ3v) is 4.42. The highest BCUT2D eigenvalue weighted by Gasteiger charge is 2.16. The van der Waals surface area contributed by atoms with Crippen molar-refractivity contribution >= 4 is 12.0 Å². The molecular weight excluding hydrogens is 389 g/mol. The van der Waals surface area contributed by atoms with Gasteiger partial charge in [0.1, 0.15) is 11.6 Å². The molecule has 0 spiro atoms. The van der Waals surface area contributed by atoms with Crippen LogP contribution in [0.5, 0.6) is 17.2 Å². The molecule has 1 amide bonds. The molecule has 0 aromatic heterocycles. The summed E-state index contributed by atoms with van der Waals surface area (Å²) >= 11 is 0. The normalized spacial score (nSPS) is 13.1. The number of rotatable bonds is 8. The van der Waals surface area contributed by atoms with E-state index in [4.69, 9.17) is 18.9 Å². The van der Waals surface area contributed by atoms with Crippen LogP contribution in [0.25, 0.3) is 6.08 Å². The number of carbonyl (C=O) groups excluding carboxylic acids is 1. The van der Waals surface area contributed by atoms with E-state index in [2.05, 4.69) is 5.32 Å². The lowest BCUT2D eigenvalue weighted by Crippen LogP contribution is -2.24. The number of nitrogens with one attached hydrogen (secondary N) is 1. The first kappa shape index (κ1) is 21.6. The fraction of sp³-hybridized carbons (Fsp3) is 0.348. The molecule has 160 valence electrons. The molecule has 1 aliphatic rings. The summed E-state index contributed by atoms with van der Waals surface area (Å²) in [6.07, 6.45) is 3.63. The van der Waals surface area contributed by atoms with Crippen molar-refractivity contribution < 1.29 is 28.1 Å². The van der Waals surface area contributed by atoms with E-state index < -0.39 is 0 Å². The molecule has 0 unspecified atom stereocenters. The summed E-state index contributed by atoms with van der Waals surface area (Å²) in [4.78, 5) is 12.1. The van der Waals surface area contributed by atoms with E-state index in [1.807, 2.05) is 26.0 Å².